The van der Waals surface area contributed by atoms with Gasteiger partial charge in [0.25, 0.3) is 11.6 Å². The van der Waals surface area contributed by atoms with E-state index in [1.165, 1.54) is 12.1 Å². The maximum absolute atomic E-state index is 12.6. The van der Waals surface area contributed by atoms with Gasteiger partial charge in [0, 0.05) is 55.1 Å². The van der Waals surface area contributed by atoms with Gasteiger partial charge in [-0.1, -0.05) is 0 Å². The molecule has 0 N–H and O–H groups in total. The van der Waals surface area contributed by atoms with Gasteiger partial charge in [-0.2, -0.15) is 0 Å². The number of carbonyl (C=O) groups excluding carboxylic acids is 1. The molecular formula is C17H19N5O3. The largest absolute Gasteiger partial charge is 0.353 e. The zero-order chi connectivity index (χ0) is 18.0. The molecule has 0 aliphatic carbocycles. The molecule has 1 fully saturated rings. The summed E-state index contributed by atoms with van der Waals surface area (Å²) in [6.45, 7) is 6.10. The summed E-state index contributed by atoms with van der Waals surface area (Å²) in [5.74, 6) is 0.766. The monoisotopic (exact) mass is 341 g/mol. The zero-order valence-corrected chi connectivity index (χ0v) is 14.2. The molecule has 8 heteroatoms. The van der Waals surface area contributed by atoms with E-state index in [4.69, 9.17) is 0 Å². The highest BCUT2D eigenvalue weighted by Gasteiger charge is 2.24. The van der Waals surface area contributed by atoms with Crippen LogP contribution in [0.5, 0.6) is 0 Å². The van der Waals surface area contributed by atoms with E-state index < -0.39 is 4.92 Å². The number of anilines is 1. The van der Waals surface area contributed by atoms with E-state index in [0.29, 0.717) is 37.3 Å². The van der Waals surface area contributed by atoms with Crippen LogP contribution < -0.4 is 4.90 Å². The first-order chi connectivity index (χ1) is 12.0. The van der Waals surface area contributed by atoms with Gasteiger partial charge < -0.3 is 9.80 Å². The fourth-order valence-electron chi connectivity index (χ4n) is 2.93. The Morgan fingerprint density at radius 1 is 1.12 bits per heavy atom. The fraction of sp³-hybridized carbons (Fsp3) is 0.353. The van der Waals surface area contributed by atoms with Crippen LogP contribution in [0.1, 0.15) is 21.6 Å². The molecule has 1 aromatic heterocycles. The van der Waals surface area contributed by atoms with E-state index in [-0.39, 0.29) is 11.6 Å². The van der Waals surface area contributed by atoms with Crippen LogP contribution >= 0.6 is 0 Å². The second-order valence-electron chi connectivity index (χ2n) is 6.06. The van der Waals surface area contributed by atoms with Crippen molar-refractivity contribution in [2.75, 3.05) is 31.1 Å². The molecule has 1 aliphatic rings. The molecule has 0 radical (unpaired) electrons. The van der Waals surface area contributed by atoms with Crippen LogP contribution in [0.3, 0.4) is 0 Å². The van der Waals surface area contributed by atoms with Crippen LogP contribution in [-0.4, -0.2) is 51.9 Å². The maximum atomic E-state index is 12.6. The van der Waals surface area contributed by atoms with Crippen LogP contribution in [0.4, 0.5) is 11.5 Å². The van der Waals surface area contributed by atoms with Crippen molar-refractivity contribution in [1.29, 1.82) is 0 Å². The molecule has 0 saturated carbocycles. The van der Waals surface area contributed by atoms with Crippen LogP contribution in [-0.2, 0) is 0 Å². The number of benzene rings is 1. The normalized spacial score (nSPS) is 14.5. The first kappa shape index (κ1) is 16.8. The van der Waals surface area contributed by atoms with Crippen molar-refractivity contribution < 1.29 is 9.72 Å². The van der Waals surface area contributed by atoms with Crippen LogP contribution in [0.15, 0.2) is 30.6 Å². The number of amides is 1. The average molecular weight is 341 g/mol. The summed E-state index contributed by atoms with van der Waals surface area (Å²) in [5.41, 5.74) is 1.91. The van der Waals surface area contributed by atoms with Crippen LogP contribution in [0.2, 0.25) is 0 Å². The van der Waals surface area contributed by atoms with Crippen molar-refractivity contribution in [2.45, 2.75) is 13.8 Å². The van der Waals surface area contributed by atoms with Crippen molar-refractivity contribution >= 4 is 17.4 Å². The zero-order valence-electron chi connectivity index (χ0n) is 14.2. The molecule has 0 spiro atoms. The summed E-state index contributed by atoms with van der Waals surface area (Å²) in [7, 11) is 0. The number of rotatable bonds is 3. The Labute approximate surface area is 145 Å². The van der Waals surface area contributed by atoms with Gasteiger partial charge in [-0.15, -0.1) is 0 Å². The van der Waals surface area contributed by atoms with Gasteiger partial charge in [0.05, 0.1) is 4.92 Å². The molecule has 1 saturated heterocycles. The molecule has 3 rings (SSSR count). The predicted molar refractivity (Wildman–Crippen MR) is 92.7 cm³/mol. The van der Waals surface area contributed by atoms with Gasteiger partial charge in [0.2, 0.25) is 0 Å². The average Bonchev–Trinajstić information content (AvgIpc) is 2.61. The SMILES string of the molecule is Cc1cc(N2CCN(C(=O)c3ccc([N+](=O)[O-])c(C)c3)CC2)ncn1. The number of hydrogen-bond acceptors (Lipinski definition) is 6. The van der Waals surface area contributed by atoms with E-state index in [9.17, 15) is 14.9 Å². The summed E-state index contributed by atoms with van der Waals surface area (Å²) >= 11 is 0. The molecule has 8 nitrogen and oxygen atoms in total. The summed E-state index contributed by atoms with van der Waals surface area (Å²) in [6, 6.07) is 6.42. The summed E-state index contributed by atoms with van der Waals surface area (Å²) in [4.78, 5) is 35.4. The number of nitro benzene ring substituents is 1. The molecular weight excluding hydrogens is 322 g/mol. The van der Waals surface area contributed by atoms with Gasteiger partial charge in [0.15, 0.2) is 0 Å². The third-order valence-electron chi connectivity index (χ3n) is 4.32. The van der Waals surface area contributed by atoms with E-state index in [1.54, 1.807) is 24.2 Å². The standard InChI is InChI=1S/C17H19N5O3/c1-12-9-14(3-4-15(12)22(24)25)17(23)21-7-5-20(6-8-21)16-10-13(2)18-11-19-16/h3-4,9-11H,5-8H2,1-2H3. The van der Waals surface area contributed by atoms with Gasteiger partial charge in [-0.25, -0.2) is 9.97 Å². The second kappa shape index (κ2) is 6.84. The predicted octanol–water partition coefficient (Wildman–Crippen LogP) is 1.96. The van der Waals surface area contributed by atoms with Crippen molar-refractivity contribution in [2.24, 2.45) is 0 Å². The third kappa shape index (κ3) is 3.57. The number of nitro groups is 1. The van der Waals surface area contributed by atoms with Crippen molar-refractivity contribution in [3.8, 4) is 0 Å². The lowest BCUT2D eigenvalue weighted by Crippen LogP contribution is -2.49. The van der Waals surface area contributed by atoms with Crippen LogP contribution in [0, 0.1) is 24.0 Å². The number of aromatic nitrogens is 2. The Morgan fingerprint density at radius 3 is 2.44 bits per heavy atom. The highest BCUT2D eigenvalue weighted by atomic mass is 16.6. The van der Waals surface area contributed by atoms with E-state index in [1.807, 2.05) is 13.0 Å². The topological polar surface area (TPSA) is 92.5 Å². The number of piperazine rings is 1. The van der Waals surface area contributed by atoms with Gasteiger partial charge in [-0.05, 0) is 26.0 Å². The minimum Gasteiger partial charge on any atom is -0.353 e. The number of nitrogens with zero attached hydrogens (tertiary/aromatic N) is 5. The van der Waals surface area contributed by atoms with E-state index >= 15 is 0 Å². The minimum atomic E-state index is -0.438. The fourth-order valence-corrected chi connectivity index (χ4v) is 2.93. The first-order valence-electron chi connectivity index (χ1n) is 8.03. The van der Waals surface area contributed by atoms with Gasteiger partial charge >= 0.3 is 0 Å². The molecule has 2 heterocycles. The molecule has 1 aromatic carbocycles. The minimum absolute atomic E-state index is 0.0282. The molecule has 130 valence electrons. The van der Waals surface area contributed by atoms with Crippen molar-refractivity contribution in [3.05, 3.63) is 57.5 Å². The van der Waals surface area contributed by atoms with Crippen molar-refractivity contribution in [1.82, 2.24) is 14.9 Å². The summed E-state index contributed by atoms with van der Waals surface area (Å²) in [6.07, 6.45) is 1.54. The van der Waals surface area contributed by atoms with E-state index in [2.05, 4.69) is 14.9 Å². The Balaban J connectivity index is 1.67. The lowest BCUT2D eigenvalue weighted by molar-refractivity contribution is -0.385. The number of aryl methyl sites for hydroxylation is 2. The van der Waals surface area contributed by atoms with Crippen LogP contribution in [0.25, 0.3) is 0 Å². The Morgan fingerprint density at radius 2 is 1.84 bits per heavy atom. The lowest BCUT2D eigenvalue weighted by Gasteiger charge is -2.35. The summed E-state index contributed by atoms with van der Waals surface area (Å²) in [5, 5.41) is 10.9. The third-order valence-corrected chi connectivity index (χ3v) is 4.32. The van der Waals surface area contributed by atoms with Crippen molar-refractivity contribution in [3.63, 3.8) is 0 Å². The molecule has 0 unspecified atom stereocenters. The Kier molecular flexibility index (Phi) is 4.60. The quantitative estimate of drug-likeness (QED) is 0.626. The second-order valence-corrected chi connectivity index (χ2v) is 6.06. The molecule has 0 atom stereocenters. The first-order valence-corrected chi connectivity index (χ1v) is 8.03. The lowest BCUT2D eigenvalue weighted by atomic mass is 10.1. The van der Waals surface area contributed by atoms with E-state index in [0.717, 1.165) is 11.5 Å². The molecule has 1 amide bonds. The molecule has 25 heavy (non-hydrogen) atoms. The smallest absolute Gasteiger partial charge is 0.272 e. The maximum Gasteiger partial charge on any atom is 0.272 e. The Hall–Kier alpha value is -3.03. The summed E-state index contributed by atoms with van der Waals surface area (Å²) < 4.78 is 0. The number of carbonyl (C=O) groups is 1. The highest BCUT2D eigenvalue weighted by molar-refractivity contribution is 5.95. The Bertz CT molecular complexity index is 816. The van der Waals surface area contributed by atoms with Gasteiger partial charge in [0.1, 0.15) is 12.1 Å². The molecule has 0 bridgehead atoms. The molecule has 2 aromatic rings. The number of hydrogen-bond donors (Lipinski definition) is 0. The highest BCUT2D eigenvalue weighted by Crippen LogP contribution is 2.21. The van der Waals surface area contributed by atoms with Gasteiger partial charge in [-0.3, -0.25) is 14.9 Å². The molecule has 1 aliphatic heterocycles.